The van der Waals surface area contributed by atoms with Crippen molar-refractivity contribution >= 4 is 41.4 Å². The number of nitrogens with two attached hydrogens (primary N) is 1. The minimum absolute atomic E-state index is 0.00151. The van der Waals surface area contributed by atoms with E-state index >= 15 is 0 Å². The number of carboxylic acid groups (broad SMARTS) is 2. The second kappa shape index (κ2) is 16.1. The van der Waals surface area contributed by atoms with Crippen LogP contribution in [0.4, 0.5) is 0 Å². The Morgan fingerprint density at radius 3 is 2.08 bits per heavy atom. The maximum atomic E-state index is 13.4. The van der Waals surface area contributed by atoms with Crippen LogP contribution in [0.15, 0.2) is 36.8 Å². The van der Waals surface area contributed by atoms with Gasteiger partial charge in [-0.3, -0.25) is 19.2 Å². The van der Waals surface area contributed by atoms with Crippen LogP contribution in [-0.4, -0.2) is 91.1 Å². The molecule has 1 heterocycles. The highest BCUT2D eigenvalue weighted by Gasteiger charge is 2.31. The third-order valence-electron chi connectivity index (χ3n) is 5.85. The van der Waals surface area contributed by atoms with E-state index < -0.39 is 53.8 Å². The first-order valence-electron chi connectivity index (χ1n) is 12.4. The summed E-state index contributed by atoms with van der Waals surface area (Å²) in [6.45, 7) is 0. The molecule has 9 N–H and O–H groups in total. The first-order chi connectivity index (χ1) is 19.0. The molecule has 218 valence electrons. The Morgan fingerprint density at radius 2 is 1.52 bits per heavy atom. The van der Waals surface area contributed by atoms with Gasteiger partial charge in [-0.05, 0) is 42.5 Å². The van der Waals surface area contributed by atoms with Gasteiger partial charge in [0.05, 0.1) is 12.4 Å². The maximum Gasteiger partial charge on any atom is 0.326 e. The number of aliphatic carboxylic acids is 2. The van der Waals surface area contributed by atoms with Gasteiger partial charge in [-0.2, -0.15) is 11.8 Å². The summed E-state index contributed by atoms with van der Waals surface area (Å²) in [5.41, 5.74) is 6.86. The molecule has 2 rings (SSSR count). The van der Waals surface area contributed by atoms with Gasteiger partial charge < -0.3 is 42.0 Å². The van der Waals surface area contributed by atoms with Crippen LogP contribution in [0.25, 0.3) is 0 Å². The number of carbonyl (C=O) groups excluding carboxylic acids is 3. The number of imidazole rings is 1. The smallest absolute Gasteiger partial charge is 0.326 e. The number of phenolic OH excluding ortho intramolecular Hbond substituents is 1. The van der Waals surface area contributed by atoms with Crippen molar-refractivity contribution in [1.82, 2.24) is 25.9 Å². The van der Waals surface area contributed by atoms with Gasteiger partial charge in [0.25, 0.3) is 0 Å². The minimum Gasteiger partial charge on any atom is -0.508 e. The molecule has 0 spiro atoms. The molecule has 0 saturated carbocycles. The zero-order valence-electron chi connectivity index (χ0n) is 21.8. The molecule has 40 heavy (non-hydrogen) atoms. The van der Waals surface area contributed by atoms with Crippen molar-refractivity contribution in [2.75, 3.05) is 12.0 Å². The van der Waals surface area contributed by atoms with E-state index in [1.165, 1.54) is 36.4 Å². The van der Waals surface area contributed by atoms with E-state index in [-0.39, 0.29) is 37.9 Å². The van der Waals surface area contributed by atoms with Gasteiger partial charge in [0, 0.05) is 31.2 Å². The molecule has 0 saturated heterocycles. The number of hydrogen-bond acceptors (Lipinski definition) is 9. The second-order valence-electron chi connectivity index (χ2n) is 8.99. The molecule has 3 amide bonds. The molecule has 0 aliphatic rings. The first kappa shape index (κ1) is 32.1. The summed E-state index contributed by atoms with van der Waals surface area (Å²) >= 11 is 1.42. The lowest BCUT2D eigenvalue weighted by Crippen LogP contribution is -2.58. The number of aromatic amines is 1. The van der Waals surface area contributed by atoms with Crippen molar-refractivity contribution in [3.05, 3.63) is 48.0 Å². The van der Waals surface area contributed by atoms with Crippen LogP contribution in [0.3, 0.4) is 0 Å². The fourth-order valence-electron chi connectivity index (χ4n) is 3.63. The predicted octanol–water partition coefficient (Wildman–Crippen LogP) is -0.615. The van der Waals surface area contributed by atoms with Gasteiger partial charge in [-0.25, -0.2) is 9.78 Å². The fraction of sp³-hybridized carbons (Fsp3) is 0.440. The number of thioether (sulfide) groups is 1. The molecule has 0 radical (unpaired) electrons. The van der Waals surface area contributed by atoms with E-state index in [2.05, 4.69) is 25.9 Å². The highest BCUT2D eigenvalue weighted by molar-refractivity contribution is 7.98. The Morgan fingerprint density at radius 1 is 0.925 bits per heavy atom. The zero-order valence-corrected chi connectivity index (χ0v) is 22.6. The van der Waals surface area contributed by atoms with Crippen LogP contribution in [0.2, 0.25) is 0 Å². The second-order valence-corrected chi connectivity index (χ2v) is 9.98. The lowest BCUT2D eigenvalue weighted by atomic mass is 10.0. The van der Waals surface area contributed by atoms with Gasteiger partial charge >= 0.3 is 11.9 Å². The molecule has 0 aliphatic carbocycles. The van der Waals surface area contributed by atoms with Gasteiger partial charge in [0.2, 0.25) is 17.7 Å². The predicted molar refractivity (Wildman–Crippen MR) is 145 cm³/mol. The SMILES string of the molecule is CSCCC(NC(=O)C(Cc1ccc(O)cc1)NC(=O)C(Cc1cnc[nH]1)NC(=O)C(N)CCC(=O)O)C(=O)O. The lowest BCUT2D eigenvalue weighted by molar-refractivity contribution is -0.142. The lowest BCUT2D eigenvalue weighted by Gasteiger charge is -2.25. The van der Waals surface area contributed by atoms with Crippen molar-refractivity contribution in [3.8, 4) is 5.75 Å². The van der Waals surface area contributed by atoms with Crippen LogP contribution < -0.4 is 21.7 Å². The van der Waals surface area contributed by atoms with Crippen LogP contribution in [-0.2, 0) is 36.8 Å². The van der Waals surface area contributed by atoms with Crippen molar-refractivity contribution in [2.24, 2.45) is 5.73 Å². The quantitative estimate of drug-likeness (QED) is 0.118. The highest BCUT2D eigenvalue weighted by Crippen LogP contribution is 2.13. The molecule has 4 unspecified atom stereocenters. The number of H-pyrrole nitrogens is 1. The Bertz CT molecular complexity index is 1140. The summed E-state index contributed by atoms with van der Waals surface area (Å²) in [5.74, 6) is -4.15. The van der Waals surface area contributed by atoms with Gasteiger partial charge in [0.1, 0.15) is 23.9 Å². The Hall–Kier alpha value is -4.11. The van der Waals surface area contributed by atoms with Crippen molar-refractivity contribution in [2.45, 2.75) is 56.3 Å². The van der Waals surface area contributed by atoms with Crippen LogP contribution >= 0.6 is 11.8 Å². The van der Waals surface area contributed by atoms with Gasteiger partial charge in [-0.15, -0.1) is 0 Å². The Kier molecular flexibility index (Phi) is 12.9. The molecule has 2 aromatic rings. The molecule has 0 fully saturated rings. The number of phenols is 1. The molecule has 15 heteroatoms. The molecule has 4 atom stereocenters. The summed E-state index contributed by atoms with van der Waals surface area (Å²) in [6.07, 6.45) is 4.19. The number of benzene rings is 1. The number of rotatable bonds is 17. The van der Waals surface area contributed by atoms with Crippen molar-refractivity contribution in [3.63, 3.8) is 0 Å². The summed E-state index contributed by atoms with van der Waals surface area (Å²) in [6, 6.07) is 1.06. The van der Waals surface area contributed by atoms with E-state index in [9.17, 15) is 34.2 Å². The van der Waals surface area contributed by atoms with Crippen LogP contribution in [0.5, 0.6) is 5.75 Å². The molecular weight excluding hydrogens is 544 g/mol. The van der Waals surface area contributed by atoms with E-state index in [1.54, 1.807) is 18.4 Å². The van der Waals surface area contributed by atoms with E-state index in [4.69, 9.17) is 10.8 Å². The number of aromatic nitrogens is 2. The zero-order chi connectivity index (χ0) is 29.7. The number of carbonyl (C=O) groups is 5. The van der Waals surface area contributed by atoms with Gasteiger partial charge in [0.15, 0.2) is 0 Å². The normalized spacial score (nSPS) is 13.8. The summed E-state index contributed by atoms with van der Waals surface area (Å²) in [5, 5.41) is 35.6. The number of hydrogen-bond donors (Lipinski definition) is 8. The number of carboxylic acids is 2. The molecular formula is C25H34N6O8S. The van der Waals surface area contributed by atoms with E-state index in [0.717, 1.165) is 0 Å². The van der Waals surface area contributed by atoms with Crippen molar-refractivity contribution in [1.29, 1.82) is 0 Å². The Labute approximate surface area is 234 Å². The number of nitrogens with zero attached hydrogens (tertiary/aromatic N) is 1. The standard InChI is InChI=1S/C25H34N6O8S/c1-40-9-8-18(25(38)39)29-23(36)19(10-14-2-4-16(32)5-3-14)31-24(37)20(11-15-12-27-13-28-15)30-22(35)17(26)6-7-21(33)34/h2-5,12-13,17-20,32H,6-11,26H2,1H3,(H,27,28)(H,29,36)(H,30,35)(H,31,37)(H,33,34)(H,38,39). The molecule has 1 aromatic carbocycles. The number of nitrogens with one attached hydrogen (secondary N) is 4. The largest absolute Gasteiger partial charge is 0.508 e. The van der Waals surface area contributed by atoms with E-state index in [0.29, 0.717) is 17.0 Å². The highest BCUT2D eigenvalue weighted by atomic mass is 32.2. The van der Waals surface area contributed by atoms with Gasteiger partial charge in [-0.1, -0.05) is 12.1 Å². The third kappa shape index (κ3) is 10.9. The topological polar surface area (TPSA) is 237 Å². The fourth-order valence-corrected chi connectivity index (χ4v) is 4.10. The maximum absolute atomic E-state index is 13.4. The first-order valence-corrected chi connectivity index (χ1v) is 13.7. The average Bonchev–Trinajstić information content (AvgIpc) is 3.42. The Balaban J connectivity index is 2.27. The third-order valence-corrected chi connectivity index (χ3v) is 6.50. The van der Waals surface area contributed by atoms with Crippen LogP contribution in [0, 0.1) is 0 Å². The number of aromatic hydroxyl groups is 1. The van der Waals surface area contributed by atoms with Crippen LogP contribution in [0.1, 0.15) is 30.5 Å². The average molecular weight is 579 g/mol. The van der Waals surface area contributed by atoms with E-state index in [1.807, 2.05) is 0 Å². The molecule has 14 nitrogen and oxygen atoms in total. The molecule has 0 aliphatic heterocycles. The minimum atomic E-state index is -1.24. The number of amides is 3. The molecule has 0 bridgehead atoms. The molecule has 1 aromatic heterocycles. The monoisotopic (exact) mass is 578 g/mol. The summed E-state index contributed by atoms with van der Waals surface area (Å²) in [4.78, 5) is 68.6. The summed E-state index contributed by atoms with van der Waals surface area (Å²) < 4.78 is 0. The summed E-state index contributed by atoms with van der Waals surface area (Å²) in [7, 11) is 0. The van der Waals surface area contributed by atoms with Crippen molar-refractivity contribution < 1.29 is 39.3 Å².